The highest BCUT2D eigenvalue weighted by Crippen LogP contribution is 2.05. The molecular formula is C12H19FN4O2S. The molecule has 0 heterocycles. The summed E-state index contributed by atoms with van der Waals surface area (Å²) in [5, 5.41) is 5.87. The molecule has 1 rings (SSSR count). The van der Waals surface area contributed by atoms with Crippen LogP contribution in [0.15, 0.2) is 29.3 Å². The van der Waals surface area contributed by atoms with Crippen molar-refractivity contribution < 1.29 is 12.8 Å². The maximum Gasteiger partial charge on any atom is 0.208 e. The molecule has 0 radical (unpaired) electrons. The molecule has 1 aromatic carbocycles. The van der Waals surface area contributed by atoms with Gasteiger partial charge in [-0.2, -0.15) is 0 Å². The van der Waals surface area contributed by atoms with Gasteiger partial charge in [0.15, 0.2) is 5.96 Å². The number of hydrogen-bond acceptors (Lipinski definition) is 3. The Bertz CT molecular complexity index is 560. The van der Waals surface area contributed by atoms with Gasteiger partial charge in [0.05, 0.1) is 6.26 Å². The number of hydrogen-bond donors (Lipinski definition) is 3. The van der Waals surface area contributed by atoms with Crippen LogP contribution in [0.5, 0.6) is 0 Å². The van der Waals surface area contributed by atoms with Crippen molar-refractivity contribution in [2.24, 2.45) is 4.99 Å². The Morgan fingerprint density at radius 1 is 1.25 bits per heavy atom. The van der Waals surface area contributed by atoms with Crippen LogP contribution in [0.4, 0.5) is 4.39 Å². The fraction of sp³-hybridized carbons (Fsp3) is 0.417. The number of rotatable bonds is 6. The van der Waals surface area contributed by atoms with Crippen LogP contribution in [0.3, 0.4) is 0 Å². The van der Waals surface area contributed by atoms with Crippen molar-refractivity contribution in [3.05, 3.63) is 35.6 Å². The molecule has 0 spiro atoms. The van der Waals surface area contributed by atoms with E-state index in [0.717, 1.165) is 6.26 Å². The van der Waals surface area contributed by atoms with Gasteiger partial charge < -0.3 is 10.6 Å². The first-order chi connectivity index (χ1) is 9.42. The highest BCUT2D eigenvalue weighted by atomic mass is 32.2. The van der Waals surface area contributed by atoms with Crippen LogP contribution >= 0.6 is 0 Å². The normalized spacial score (nSPS) is 12.2. The molecule has 0 aromatic heterocycles. The smallest absolute Gasteiger partial charge is 0.208 e. The van der Waals surface area contributed by atoms with Gasteiger partial charge in [-0.1, -0.05) is 18.2 Å². The molecule has 20 heavy (non-hydrogen) atoms. The summed E-state index contributed by atoms with van der Waals surface area (Å²) in [6.07, 6.45) is 1.10. The maximum atomic E-state index is 13.4. The molecule has 0 aliphatic rings. The van der Waals surface area contributed by atoms with E-state index < -0.39 is 10.0 Å². The topological polar surface area (TPSA) is 82.6 Å². The van der Waals surface area contributed by atoms with Crippen molar-refractivity contribution in [1.82, 2.24) is 15.4 Å². The largest absolute Gasteiger partial charge is 0.355 e. The highest BCUT2D eigenvalue weighted by molar-refractivity contribution is 7.88. The minimum atomic E-state index is -3.19. The summed E-state index contributed by atoms with van der Waals surface area (Å²) >= 11 is 0. The average Bonchev–Trinajstić information content (AvgIpc) is 2.38. The molecule has 0 saturated carbocycles. The fourth-order valence-corrected chi connectivity index (χ4v) is 1.93. The van der Waals surface area contributed by atoms with E-state index in [-0.39, 0.29) is 12.4 Å². The van der Waals surface area contributed by atoms with Gasteiger partial charge in [0.1, 0.15) is 5.82 Å². The van der Waals surface area contributed by atoms with Crippen molar-refractivity contribution in [3.63, 3.8) is 0 Å². The molecule has 3 N–H and O–H groups in total. The number of aliphatic imine (C=N–C) groups is 1. The quantitative estimate of drug-likeness (QED) is 0.394. The molecule has 8 heteroatoms. The van der Waals surface area contributed by atoms with Crippen LogP contribution < -0.4 is 15.4 Å². The Labute approximate surface area is 118 Å². The second-order valence-electron chi connectivity index (χ2n) is 4.11. The summed E-state index contributed by atoms with van der Waals surface area (Å²) in [5.74, 6) is 0.192. The summed E-state index contributed by atoms with van der Waals surface area (Å²) in [5.41, 5.74) is 0.532. The molecule has 0 amide bonds. The average molecular weight is 302 g/mol. The van der Waals surface area contributed by atoms with Crippen LogP contribution in [-0.4, -0.2) is 40.8 Å². The Morgan fingerprint density at radius 2 is 1.95 bits per heavy atom. The number of benzene rings is 1. The third-order valence-electron chi connectivity index (χ3n) is 2.41. The zero-order valence-corrected chi connectivity index (χ0v) is 12.3. The number of nitrogens with one attached hydrogen (secondary N) is 3. The third kappa shape index (κ3) is 6.48. The molecular weight excluding hydrogens is 283 g/mol. The lowest BCUT2D eigenvalue weighted by Crippen LogP contribution is -2.41. The van der Waals surface area contributed by atoms with E-state index in [9.17, 15) is 12.8 Å². The summed E-state index contributed by atoms with van der Waals surface area (Å²) in [6, 6.07) is 6.46. The molecule has 6 nitrogen and oxygen atoms in total. The summed E-state index contributed by atoms with van der Waals surface area (Å²) < 4.78 is 37.5. The van der Waals surface area contributed by atoms with Gasteiger partial charge in [-0.15, -0.1) is 0 Å². The molecule has 1 aromatic rings. The molecule has 0 unspecified atom stereocenters. The SMILES string of the molecule is CN=C(NCCNS(C)(=O)=O)NCc1ccccc1F. The number of guanidine groups is 1. The molecule has 0 atom stereocenters. The second-order valence-corrected chi connectivity index (χ2v) is 5.94. The molecule has 0 aliphatic heterocycles. The van der Waals surface area contributed by atoms with Crippen molar-refractivity contribution in [2.45, 2.75) is 6.54 Å². The van der Waals surface area contributed by atoms with E-state index in [1.165, 1.54) is 6.07 Å². The van der Waals surface area contributed by atoms with Crippen LogP contribution in [-0.2, 0) is 16.6 Å². The van der Waals surface area contributed by atoms with E-state index in [1.807, 2.05) is 0 Å². The van der Waals surface area contributed by atoms with E-state index in [0.29, 0.717) is 24.6 Å². The van der Waals surface area contributed by atoms with Crippen LogP contribution in [0.2, 0.25) is 0 Å². The summed E-state index contributed by atoms with van der Waals surface area (Å²) in [6.45, 7) is 0.926. The number of halogens is 1. The van der Waals surface area contributed by atoms with E-state index in [1.54, 1.807) is 25.2 Å². The zero-order valence-electron chi connectivity index (χ0n) is 11.5. The Hall–Kier alpha value is -1.67. The van der Waals surface area contributed by atoms with Crippen molar-refractivity contribution in [1.29, 1.82) is 0 Å². The van der Waals surface area contributed by atoms with Gasteiger partial charge >= 0.3 is 0 Å². The Kier molecular flexibility index (Phi) is 6.40. The zero-order chi connectivity index (χ0) is 15.0. The first-order valence-corrected chi connectivity index (χ1v) is 7.94. The highest BCUT2D eigenvalue weighted by Gasteiger charge is 2.03. The first kappa shape index (κ1) is 16.4. The van der Waals surface area contributed by atoms with Crippen molar-refractivity contribution in [2.75, 3.05) is 26.4 Å². The molecule has 0 fully saturated rings. The van der Waals surface area contributed by atoms with E-state index in [2.05, 4.69) is 20.3 Å². The van der Waals surface area contributed by atoms with Gasteiger partial charge in [-0.05, 0) is 6.07 Å². The number of nitrogens with zero attached hydrogens (tertiary/aromatic N) is 1. The standard InChI is InChI=1S/C12H19FN4O2S/c1-14-12(15-7-8-17-20(2,18)19)16-9-10-5-3-4-6-11(10)13/h3-6,17H,7-9H2,1-2H3,(H2,14,15,16). The van der Waals surface area contributed by atoms with E-state index in [4.69, 9.17) is 0 Å². The summed E-state index contributed by atoms with van der Waals surface area (Å²) in [7, 11) is -1.61. The van der Waals surface area contributed by atoms with Gasteiger partial charge in [0.2, 0.25) is 10.0 Å². The van der Waals surface area contributed by atoms with Crippen molar-refractivity contribution >= 4 is 16.0 Å². The Balaban J connectivity index is 2.36. The minimum Gasteiger partial charge on any atom is -0.355 e. The third-order valence-corrected chi connectivity index (χ3v) is 3.14. The van der Waals surface area contributed by atoms with Gasteiger partial charge in [0.25, 0.3) is 0 Å². The summed E-state index contributed by atoms with van der Waals surface area (Å²) in [4.78, 5) is 3.96. The fourth-order valence-electron chi connectivity index (χ4n) is 1.46. The van der Waals surface area contributed by atoms with Gasteiger partial charge in [0, 0.05) is 32.2 Å². The lowest BCUT2D eigenvalue weighted by Gasteiger charge is -2.12. The maximum absolute atomic E-state index is 13.4. The monoisotopic (exact) mass is 302 g/mol. The predicted octanol–water partition coefficient (Wildman–Crippen LogP) is 0.0399. The van der Waals surface area contributed by atoms with Crippen LogP contribution in [0.1, 0.15) is 5.56 Å². The predicted molar refractivity (Wildman–Crippen MR) is 77.4 cm³/mol. The van der Waals surface area contributed by atoms with Crippen molar-refractivity contribution in [3.8, 4) is 0 Å². The van der Waals surface area contributed by atoms with E-state index >= 15 is 0 Å². The van der Waals surface area contributed by atoms with Crippen LogP contribution in [0.25, 0.3) is 0 Å². The molecule has 112 valence electrons. The Morgan fingerprint density at radius 3 is 2.55 bits per heavy atom. The second kappa shape index (κ2) is 7.81. The molecule has 0 saturated heterocycles. The lowest BCUT2D eigenvalue weighted by atomic mass is 10.2. The first-order valence-electron chi connectivity index (χ1n) is 6.05. The van der Waals surface area contributed by atoms with Crippen LogP contribution in [0, 0.1) is 5.82 Å². The van der Waals surface area contributed by atoms with Gasteiger partial charge in [-0.25, -0.2) is 17.5 Å². The minimum absolute atomic E-state index is 0.249. The van der Waals surface area contributed by atoms with Gasteiger partial charge in [-0.3, -0.25) is 4.99 Å². The molecule has 0 bridgehead atoms. The number of sulfonamides is 1. The lowest BCUT2D eigenvalue weighted by molar-refractivity contribution is 0.586. The molecule has 0 aliphatic carbocycles.